The largest absolute Gasteiger partial charge is 0.493 e. The van der Waals surface area contributed by atoms with Gasteiger partial charge in [-0.25, -0.2) is 0 Å². The molecule has 0 radical (unpaired) electrons. The van der Waals surface area contributed by atoms with Gasteiger partial charge < -0.3 is 4.74 Å². The summed E-state index contributed by atoms with van der Waals surface area (Å²) >= 11 is 5.71. The van der Waals surface area contributed by atoms with E-state index in [1.807, 2.05) is 45.0 Å². The van der Waals surface area contributed by atoms with Gasteiger partial charge in [-0.3, -0.25) is 0 Å². The standard InChI is InChI=1S/C9H9F3O.C7H7Cl.C2H6/c1-2-13-8-6-4-3-5-7(8)9(10,11)12;1-6-4-2-3-5-7(6)8;1-2/h3-6H,2H2,1H3;2-5H,1H3;1-2H3. The molecule has 0 amide bonds. The minimum absolute atomic E-state index is 0.113. The van der Waals surface area contributed by atoms with Crippen molar-refractivity contribution in [3.05, 3.63) is 64.7 Å². The number of hydrogen-bond acceptors (Lipinski definition) is 1. The summed E-state index contributed by atoms with van der Waals surface area (Å²) in [5.41, 5.74) is 0.408. The van der Waals surface area contributed by atoms with Crippen LogP contribution in [-0.4, -0.2) is 6.61 Å². The molecule has 0 heterocycles. The lowest BCUT2D eigenvalue weighted by Gasteiger charge is -2.11. The first kappa shape index (κ1) is 21.3. The highest BCUT2D eigenvalue weighted by molar-refractivity contribution is 6.31. The average Bonchev–Trinajstić information content (AvgIpc) is 2.53. The third-order valence-corrected chi connectivity index (χ3v) is 2.99. The molecular weight excluding hydrogens is 325 g/mol. The predicted molar refractivity (Wildman–Crippen MR) is 90.2 cm³/mol. The average molecular weight is 347 g/mol. The van der Waals surface area contributed by atoms with E-state index in [1.54, 1.807) is 6.92 Å². The molecular formula is C18H22ClF3O. The van der Waals surface area contributed by atoms with Crippen molar-refractivity contribution in [2.24, 2.45) is 0 Å². The SMILES string of the molecule is CC.CCOc1ccccc1C(F)(F)F.Cc1ccccc1Cl. The number of rotatable bonds is 2. The predicted octanol–water partition coefficient (Wildman–Crippen LogP) is 6.78. The molecule has 5 heteroatoms. The number of hydrogen-bond donors (Lipinski definition) is 0. The molecule has 2 aromatic rings. The van der Waals surface area contributed by atoms with Crippen molar-refractivity contribution < 1.29 is 17.9 Å². The van der Waals surface area contributed by atoms with Crippen molar-refractivity contribution in [2.45, 2.75) is 33.9 Å². The normalized spacial score (nSPS) is 9.91. The molecule has 0 aliphatic carbocycles. The number of ether oxygens (including phenoxy) is 1. The number of benzene rings is 2. The molecule has 0 aliphatic heterocycles. The quantitative estimate of drug-likeness (QED) is 0.582. The molecule has 0 spiro atoms. The van der Waals surface area contributed by atoms with Crippen LogP contribution in [0.1, 0.15) is 31.9 Å². The van der Waals surface area contributed by atoms with Crippen molar-refractivity contribution in [3.63, 3.8) is 0 Å². The first-order valence-corrected chi connectivity index (χ1v) is 7.74. The molecule has 0 aliphatic rings. The van der Waals surface area contributed by atoms with E-state index < -0.39 is 11.7 Å². The van der Waals surface area contributed by atoms with E-state index in [2.05, 4.69) is 0 Å². The fourth-order valence-corrected chi connectivity index (χ4v) is 1.67. The summed E-state index contributed by atoms with van der Waals surface area (Å²) < 4.78 is 41.7. The molecule has 0 aromatic heterocycles. The van der Waals surface area contributed by atoms with Crippen LogP contribution in [0, 0.1) is 6.92 Å². The van der Waals surface area contributed by atoms with E-state index in [0.717, 1.165) is 16.7 Å². The van der Waals surface area contributed by atoms with Gasteiger partial charge in [-0.1, -0.05) is 55.8 Å². The van der Waals surface area contributed by atoms with E-state index in [1.165, 1.54) is 18.2 Å². The molecule has 1 nitrogen and oxygen atoms in total. The van der Waals surface area contributed by atoms with Gasteiger partial charge in [0, 0.05) is 5.02 Å². The lowest BCUT2D eigenvalue weighted by molar-refractivity contribution is -0.138. The van der Waals surface area contributed by atoms with Crippen LogP contribution in [0.5, 0.6) is 5.75 Å². The number of aryl methyl sites for hydroxylation is 1. The van der Waals surface area contributed by atoms with E-state index in [9.17, 15) is 13.2 Å². The Balaban J connectivity index is 0.000000414. The Morgan fingerprint density at radius 3 is 1.91 bits per heavy atom. The third kappa shape index (κ3) is 7.93. The zero-order valence-corrected chi connectivity index (χ0v) is 14.5. The maximum absolute atomic E-state index is 12.3. The molecule has 2 aromatic carbocycles. The highest BCUT2D eigenvalue weighted by Gasteiger charge is 2.33. The van der Waals surface area contributed by atoms with Crippen molar-refractivity contribution >= 4 is 11.6 Å². The Bertz CT molecular complexity index is 547. The molecule has 0 N–H and O–H groups in total. The van der Waals surface area contributed by atoms with E-state index in [-0.39, 0.29) is 12.4 Å². The first-order chi connectivity index (χ1) is 10.9. The zero-order valence-electron chi connectivity index (χ0n) is 13.7. The number of halogens is 4. The van der Waals surface area contributed by atoms with Crippen molar-refractivity contribution in [1.29, 1.82) is 0 Å². The summed E-state index contributed by atoms with van der Waals surface area (Å²) in [6.45, 7) is 7.86. The minimum Gasteiger partial charge on any atom is -0.493 e. The highest BCUT2D eigenvalue weighted by Crippen LogP contribution is 2.35. The monoisotopic (exact) mass is 346 g/mol. The molecule has 0 bridgehead atoms. The summed E-state index contributed by atoms with van der Waals surface area (Å²) in [4.78, 5) is 0. The van der Waals surface area contributed by atoms with E-state index in [4.69, 9.17) is 16.3 Å². The van der Waals surface area contributed by atoms with Crippen molar-refractivity contribution in [2.75, 3.05) is 6.61 Å². The van der Waals surface area contributed by atoms with Gasteiger partial charge in [0.15, 0.2) is 0 Å². The van der Waals surface area contributed by atoms with E-state index >= 15 is 0 Å². The number of alkyl halides is 3. The Kier molecular flexibility index (Phi) is 10.1. The highest BCUT2D eigenvalue weighted by atomic mass is 35.5. The molecule has 0 fully saturated rings. The lowest BCUT2D eigenvalue weighted by atomic mass is 10.2. The lowest BCUT2D eigenvalue weighted by Crippen LogP contribution is -2.08. The summed E-state index contributed by atoms with van der Waals surface area (Å²) in [7, 11) is 0. The zero-order chi connectivity index (χ0) is 17.9. The molecule has 0 saturated heterocycles. The second-order valence-electron chi connectivity index (χ2n) is 4.18. The van der Waals surface area contributed by atoms with E-state index in [0.29, 0.717) is 0 Å². The maximum atomic E-state index is 12.3. The fourth-order valence-electron chi connectivity index (χ4n) is 1.53. The summed E-state index contributed by atoms with van der Waals surface area (Å²) in [5.74, 6) is -0.113. The summed E-state index contributed by atoms with van der Waals surface area (Å²) in [6, 6.07) is 12.9. The number of para-hydroxylation sites is 1. The van der Waals surface area contributed by atoms with Gasteiger partial charge in [-0.15, -0.1) is 0 Å². The Hall–Kier alpha value is -1.68. The fraction of sp³-hybridized carbons (Fsp3) is 0.333. The summed E-state index contributed by atoms with van der Waals surface area (Å²) in [5, 5.41) is 0.840. The Morgan fingerprint density at radius 2 is 1.48 bits per heavy atom. The van der Waals surface area contributed by atoms with Crippen LogP contribution in [-0.2, 0) is 6.18 Å². The Morgan fingerprint density at radius 1 is 0.957 bits per heavy atom. The van der Waals surface area contributed by atoms with Gasteiger partial charge in [0.05, 0.1) is 12.2 Å². The minimum atomic E-state index is -4.34. The molecule has 128 valence electrons. The first-order valence-electron chi connectivity index (χ1n) is 7.36. The second-order valence-corrected chi connectivity index (χ2v) is 4.58. The molecule has 0 atom stereocenters. The van der Waals surface area contributed by atoms with Gasteiger partial charge in [-0.05, 0) is 37.6 Å². The third-order valence-electron chi connectivity index (χ3n) is 2.57. The van der Waals surface area contributed by atoms with Gasteiger partial charge in [0.25, 0.3) is 0 Å². The van der Waals surface area contributed by atoms with Crippen LogP contribution in [0.2, 0.25) is 5.02 Å². The smallest absolute Gasteiger partial charge is 0.419 e. The maximum Gasteiger partial charge on any atom is 0.419 e. The van der Waals surface area contributed by atoms with Crippen LogP contribution in [0.4, 0.5) is 13.2 Å². The van der Waals surface area contributed by atoms with Crippen LogP contribution in [0.25, 0.3) is 0 Å². The van der Waals surface area contributed by atoms with Crippen molar-refractivity contribution in [3.8, 4) is 5.75 Å². The molecule has 2 rings (SSSR count). The van der Waals surface area contributed by atoms with Crippen LogP contribution in [0.15, 0.2) is 48.5 Å². The molecule has 0 unspecified atom stereocenters. The molecule has 0 saturated carbocycles. The van der Waals surface area contributed by atoms with Gasteiger partial charge in [-0.2, -0.15) is 13.2 Å². The van der Waals surface area contributed by atoms with Gasteiger partial charge >= 0.3 is 6.18 Å². The summed E-state index contributed by atoms with van der Waals surface area (Å²) in [6.07, 6.45) is -4.34. The second kappa shape index (κ2) is 10.9. The van der Waals surface area contributed by atoms with Crippen molar-refractivity contribution in [1.82, 2.24) is 0 Å². The van der Waals surface area contributed by atoms with Crippen LogP contribution < -0.4 is 4.74 Å². The van der Waals surface area contributed by atoms with Gasteiger partial charge in [0.2, 0.25) is 0 Å². The van der Waals surface area contributed by atoms with Crippen LogP contribution >= 0.6 is 11.6 Å². The van der Waals surface area contributed by atoms with Crippen LogP contribution in [0.3, 0.4) is 0 Å². The van der Waals surface area contributed by atoms with Gasteiger partial charge in [0.1, 0.15) is 5.75 Å². The molecule has 23 heavy (non-hydrogen) atoms. The Labute approximate surface area is 141 Å². The topological polar surface area (TPSA) is 9.23 Å².